The molecule has 28 heavy (non-hydrogen) atoms. The van der Waals surface area contributed by atoms with Gasteiger partial charge in [0.2, 0.25) is 0 Å². The SMILES string of the molecule is CSCCCN1CC(O)CC2(CCN(C(=O)c3ccn4nccc4c3)CC2)C1. The molecule has 0 saturated carbocycles. The summed E-state index contributed by atoms with van der Waals surface area (Å²) in [6, 6.07) is 5.68. The molecule has 2 aliphatic rings. The van der Waals surface area contributed by atoms with Crippen LogP contribution in [0.4, 0.5) is 0 Å². The van der Waals surface area contributed by atoms with E-state index >= 15 is 0 Å². The minimum absolute atomic E-state index is 0.103. The molecule has 2 fully saturated rings. The maximum absolute atomic E-state index is 13.0. The highest BCUT2D eigenvalue weighted by Gasteiger charge is 2.42. The molecule has 0 radical (unpaired) electrons. The van der Waals surface area contributed by atoms with E-state index in [1.54, 1.807) is 10.7 Å². The predicted octanol–water partition coefficient (Wildman–Crippen LogP) is 2.38. The molecule has 1 N–H and O–H groups in total. The molecule has 2 saturated heterocycles. The topological polar surface area (TPSA) is 61.1 Å². The van der Waals surface area contributed by atoms with Crippen LogP contribution in [0.1, 0.15) is 36.0 Å². The Morgan fingerprint density at radius 1 is 1.36 bits per heavy atom. The van der Waals surface area contributed by atoms with Crippen LogP contribution in [0.2, 0.25) is 0 Å². The lowest BCUT2D eigenvalue weighted by Crippen LogP contribution is -2.54. The van der Waals surface area contributed by atoms with Crippen molar-refractivity contribution in [2.24, 2.45) is 5.41 Å². The van der Waals surface area contributed by atoms with Crippen LogP contribution in [0, 0.1) is 5.41 Å². The third-order valence-corrected chi connectivity index (χ3v) is 6.97. The number of amides is 1. The zero-order valence-electron chi connectivity index (χ0n) is 16.6. The number of fused-ring (bicyclic) bond motifs is 1. The summed E-state index contributed by atoms with van der Waals surface area (Å²) in [5.74, 6) is 1.27. The number of carbonyl (C=O) groups is 1. The maximum Gasteiger partial charge on any atom is 0.253 e. The number of likely N-dealkylation sites (tertiary alicyclic amines) is 2. The first kappa shape index (κ1) is 19.7. The van der Waals surface area contributed by atoms with Gasteiger partial charge in [0, 0.05) is 44.1 Å². The number of piperidine rings is 2. The van der Waals surface area contributed by atoms with Crippen molar-refractivity contribution in [1.29, 1.82) is 0 Å². The minimum Gasteiger partial charge on any atom is -0.392 e. The Morgan fingerprint density at radius 2 is 2.18 bits per heavy atom. The quantitative estimate of drug-likeness (QED) is 0.778. The molecule has 4 rings (SSSR count). The van der Waals surface area contributed by atoms with E-state index in [4.69, 9.17) is 0 Å². The molecule has 4 heterocycles. The Bertz CT molecular complexity index is 816. The van der Waals surface area contributed by atoms with Gasteiger partial charge < -0.3 is 14.9 Å². The van der Waals surface area contributed by atoms with Gasteiger partial charge in [0.15, 0.2) is 0 Å². The Hall–Kier alpha value is -1.57. The molecule has 0 aromatic carbocycles. The van der Waals surface area contributed by atoms with Gasteiger partial charge in [-0.2, -0.15) is 16.9 Å². The van der Waals surface area contributed by atoms with Crippen LogP contribution < -0.4 is 0 Å². The summed E-state index contributed by atoms with van der Waals surface area (Å²) >= 11 is 1.88. The number of rotatable bonds is 5. The van der Waals surface area contributed by atoms with E-state index in [1.165, 1.54) is 12.2 Å². The molecular formula is C21H30N4O2S. The van der Waals surface area contributed by atoms with Crippen LogP contribution in [0.15, 0.2) is 30.6 Å². The zero-order valence-corrected chi connectivity index (χ0v) is 17.4. The molecule has 7 heteroatoms. The molecule has 1 spiro atoms. The Kier molecular flexibility index (Phi) is 5.94. The number of pyridine rings is 1. The van der Waals surface area contributed by atoms with E-state index in [9.17, 15) is 9.90 Å². The Labute approximate surface area is 170 Å². The van der Waals surface area contributed by atoms with E-state index in [-0.39, 0.29) is 17.4 Å². The van der Waals surface area contributed by atoms with Gasteiger partial charge in [-0.05, 0) is 67.9 Å². The molecule has 1 atom stereocenters. The number of carbonyl (C=O) groups excluding carboxylic acids is 1. The summed E-state index contributed by atoms with van der Waals surface area (Å²) in [7, 11) is 0. The number of β-amino-alcohol motifs (C(OH)–C–C–N with tert-alkyl or cyclic N) is 1. The van der Waals surface area contributed by atoms with Crippen molar-refractivity contribution in [3.63, 3.8) is 0 Å². The summed E-state index contributed by atoms with van der Waals surface area (Å²) in [6.45, 7) is 4.46. The monoisotopic (exact) mass is 402 g/mol. The highest BCUT2D eigenvalue weighted by molar-refractivity contribution is 7.98. The molecule has 2 aromatic heterocycles. The van der Waals surface area contributed by atoms with Gasteiger partial charge in [0.05, 0.1) is 11.6 Å². The van der Waals surface area contributed by atoms with Crippen molar-refractivity contribution in [3.8, 4) is 0 Å². The second kappa shape index (κ2) is 8.43. The fourth-order valence-corrected chi connectivity index (χ4v) is 5.27. The van der Waals surface area contributed by atoms with E-state index < -0.39 is 0 Å². The summed E-state index contributed by atoms with van der Waals surface area (Å²) < 4.78 is 1.77. The van der Waals surface area contributed by atoms with Crippen LogP contribution in [-0.4, -0.2) is 81.3 Å². The molecule has 0 aliphatic carbocycles. The molecule has 152 valence electrons. The van der Waals surface area contributed by atoms with Crippen LogP contribution in [0.3, 0.4) is 0 Å². The largest absolute Gasteiger partial charge is 0.392 e. The lowest BCUT2D eigenvalue weighted by molar-refractivity contribution is -0.0372. The van der Waals surface area contributed by atoms with Crippen LogP contribution in [0.5, 0.6) is 0 Å². The summed E-state index contributed by atoms with van der Waals surface area (Å²) in [5, 5.41) is 14.6. The minimum atomic E-state index is -0.241. The first-order valence-electron chi connectivity index (χ1n) is 10.2. The number of hydrogen-bond acceptors (Lipinski definition) is 5. The van der Waals surface area contributed by atoms with Crippen molar-refractivity contribution >= 4 is 23.2 Å². The molecule has 6 nitrogen and oxygen atoms in total. The Morgan fingerprint density at radius 3 is 2.96 bits per heavy atom. The average Bonchev–Trinajstić information content (AvgIpc) is 3.15. The number of aliphatic hydroxyl groups excluding tert-OH is 1. The van der Waals surface area contributed by atoms with Gasteiger partial charge in [-0.25, -0.2) is 4.52 Å². The third kappa shape index (κ3) is 4.21. The summed E-state index contributed by atoms with van der Waals surface area (Å²) in [6.07, 6.45) is 9.49. The highest BCUT2D eigenvalue weighted by Crippen LogP contribution is 2.40. The van der Waals surface area contributed by atoms with Gasteiger partial charge >= 0.3 is 0 Å². The molecule has 0 bridgehead atoms. The van der Waals surface area contributed by atoms with E-state index in [0.29, 0.717) is 0 Å². The second-order valence-corrected chi connectivity index (χ2v) is 9.33. The van der Waals surface area contributed by atoms with Crippen molar-refractivity contribution < 1.29 is 9.90 Å². The van der Waals surface area contributed by atoms with Gasteiger partial charge in [-0.3, -0.25) is 4.79 Å². The van der Waals surface area contributed by atoms with E-state index in [2.05, 4.69) is 16.3 Å². The summed E-state index contributed by atoms with van der Waals surface area (Å²) in [5.41, 5.74) is 1.82. The van der Waals surface area contributed by atoms with E-state index in [1.807, 2.05) is 41.1 Å². The van der Waals surface area contributed by atoms with Gasteiger partial charge in [-0.15, -0.1) is 0 Å². The van der Waals surface area contributed by atoms with Crippen LogP contribution in [0.25, 0.3) is 5.52 Å². The number of hydrogen-bond donors (Lipinski definition) is 1. The molecule has 1 amide bonds. The van der Waals surface area contributed by atoms with Crippen LogP contribution in [-0.2, 0) is 0 Å². The number of aromatic nitrogens is 2. The van der Waals surface area contributed by atoms with Gasteiger partial charge in [0.25, 0.3) is 5.91 Å². The third-order valence-electron chi connectivity index (χ3n) is 6.28. The maximum atomic E-state index is 13.0. The van der Waals surface area contributed by atoms with Crippen molar-refractivity contribution in [2.75, 3.05) is 44.7 Å². The second-order valence-electron chi connectivity index (χ2n) is 8.35. The molecule has 2 aliphatic heterocycles. The first-order valence-corrected chi connectivity index (χ1v) is 11.6. The van der Waals surface area contributed by atoms with Crippen LogP contribution >= 0.6 is 11.8 Å². The zero-order chi connectivity index (χ0) is 19.6. The van der Waals surface area contributed by atoms with Crippen molar-refractivity contribution in [3.05, 3.63) is 36.2 Å². The van der Waals surface area contributed by atoms with Gasteiger partial charge in [-0.1, -0.05) is 0 Å². The molecular weight excluding hydrogens is 372 g/mol. The lowest BCUT2D eigenvalue weighted by Gasteiger charge is -2.49. The molecule has 2 aromatic rings. The van der Waals surface area contributed by atoms with Crippen molar-refractivity contribution in [1.82, 2.24) is 19.4 Å². The predicted molar refractivity (Wildman–Crippen MR) is 113 cm³/mol. The smallest absolute Gasteiger partial charge is 0.253 e. The first-order chi connectivity index (χ1) is 13.6. The lowest BCUT2D eigenvalue weighted by atomic mass is 9.71. The molecule has 1 unspecified atom stereocenters. The normalized spacial score (nSPS) is 22.8. The van der Waals surface area contributed by atoms with E-state index in [0.717, 1.165) is 63.1 Å². The number of thioether (sulfide) groups is 1. The summed E-state index contributed by atoms with van der Waals surface area (Å²) in [4.78, 5) is 17.4. The average molecular weight is 403 g/mol. The van der Waals surface area contributed by atoms with Crippen molar-refractivity contribution in [2.45, 2.75) is 31.8 Å². The number of aliphatic hydroxyl groups is 1. The number of nitrogens with zero attached hydrogens (tertiary/aromatic N) is 4. The standard InChI is InChI=1S/C21H30N4O2S/c1-28-12-2-8-23-15-19(26)14-21(16-23)5-10-24(11-6-21)20(27)17-4-9-25-18(13-17)3-7-22-25/h3-4,7,9,13,19,26H,2,5-6,8,10-12,14-16H2,1H3. The fraction of sp³-hybridized carbons (Fsp3) is 0.619. The highest BCUT2D eigenvalue weighted by atomic mass is 32.2. The van der Waals surface area contributed by atoms with Gasteiger partial charge in [0.1, 0.15) is 0 Å². The Balaban J connectivity index is 1.38. The fourth-order valence-electron chi connectivity index (χ4n) is 4.85.